The lowest BCUT2D eigenvalue weighted by Gasteiger charge is -2.28. The Bertz CT molecular complexity index is 1280. The molecule has 0 aromatic heterocycles. The van der Waals surface area contributed by atoms with E-state index in [2.05, 4.69) is 19.2 Å². The van der Waals surface area contributed by atoms with Gasteiger partial charge in [0.1, 0.15) is 12.3 Å². The number of methoxy groups -OCH3 is 1. The number of aryl methyl sites for hydroxylation is 3. The first kappa shape index (κ1) is 27.3. The van der Waals surface area contributed by atoms with E-state index in [0.717, 1.165) is 28.0 Å². The standard InChI is InChI=1S/C29H36N2O4S/c1-20(2)17-27(24-11-13-25(35-6)14-12-24)30-29(32)19-31(28-18-22(4)7-10-23(28)5)36(33,34)26-15-8-21(3)9-16-26/h7-16,18,20,27H,17,19H2,1-6H3,(H,30,32)/t27-/m1/s1. The van der Waals surface area contributed by atoms with Gasteiger partial charge < -0.3 is 10.1 Å². The van der Waals surface area contributed by atoms with Crippen LogP contribution in [0.3, 0.4) is 0 Å². The summed E-state index contributed by atoms with van der Waals surface area (Å²) in [6, 6.07) is 19.6. The molecule has 0 saturated carbocycles. The molecule has 0 aliphatic carbocycles. The fraction of sp³-hybridized carbons (Fsp3) is 0.345. The molecule has 0 bridgehead atoms. The third-order valence-corrected chi connectivity index (χ3v) is 7.86. The van der Waals surface area contributed by atoms with Gasteiger partial charge in [-0.1, -0.05) is 55.8 Å². The van der Waals surface area contributed by atoms with E-state index in [1.54, 1.807) is 31.4 Å². The minimum Gasteiger partial charge on any atom is -0.497 e. The Hall–Kier alpha value is -3.32. The van der Waals surface area contributed by atoms with Crippen molar-refractivity contribution in [2.24, 2.45) is 5.92 Å². The van der Waals surface area contributed by atoms with E-state index >= 15 is 0 Å². The Balaban J connectivity index is 1.96. The fourth-order valence-electron chi connectivity index (χ4n) is 4.08. The molecule has 3 aromatic carbocycles. The van der Waals surface area contributed by atoms with Gasteiger partial charge in [0.25, 0.3) is 10.0 Å². The van der Waals surface area contributed by atoms with Gasteiger partial charge >= 0.3 is 0 Å². The number of nitrogens with one attached hydrogen (secondary N) is 1. The maximum absolute atomic E-state index is 13.8. The molecular formula is C29H36N2O4S. The second-order valence-electron chi connectivity index (χ2n) is 9.64. The van der Waals surface area contributed by atoms with Crippen LogP contribution in [-0.2, 0) is 14.8 Å². The minimum atomic E-state index is -3.98. The molecule has 0 heterocycles. The highest BCUT2D eigenvalue weighted by Crippen LogP contribution is 2.29. The lowest BCUT2D eigenvalue weighted by Crippen LogP contribution is -2.42. The van der Waals surface area contributed by atoms with Crippen LogP contribution in [0.15, 0.2) is 71.6 Å². The minimum absolute atomic E-state index is 0.149. The summed E-state index contributed by atoms with van der Waals surface area (Å²) >= 11 is 0. The highest BCUT2D eigenvalue weighted by atomic mass is 32.2. The van der Waals surface area contributed by atoms with Gasteiger partial charge in [-0.15, -0.1) is 0 Å². The van der Waals surface area contributed by atoms with Gasteiger partial charge in [-0.05, 0) is 80.1 Å². The molecule has 0 aliphatic rings. The average Bonchev–Trinajstić information content (AvgIpc) is 2.84. The van der Waals surface area contributed by atoms with Crippen LogP contribution < -0.4 is 14.4 Å². The molecule has 1 amide bonds. The first-order chi connectivity index (χ1) is 17.0. The average molecular weight is 509 g/mol. The third kappa shape index (κ3) is 6.66. The summed E-state index contributed by atoms with van der Waals surface area (Å²) in [4.78, 5) is 13.6. The Labute approximate surface area is 215 Å². The molecule has 0 aliphatic heterocycles. The SMILES string of the molecule is COc1ccc([C@@H](CC(C)C)NC(=O)CN(c2cc(C)ccc2C)S(=O)(=O)c2ccc(C)cc2)cc1. The van der Waals surface area contributed by atoms with E-state index in [9.17, 15) is 13.2 Å². The van der Waals surface area contributed by atoms with Gasteiger partial charge in [0.05, 0.1) is 23.7 Å². The maximum atomic E-state index is 13.8. The second-order valence-corrected chi connectivity index (χ2v) is 11.5. The first-order valence-corrected chi connectivity index (χ1v) is 13.5. The molecule has 3 aromatic rings. The Morgan fingerprint density at radius 2 is 1.53 bits per heavy atom. The zero-order valence-corrected chi connectivity index (χ0v) is 22.7. The summed E-state index contributed by atoms with van der Waals surface area (Å²) in [7, 11) is -2.37. The normalized spacial score (nSPS) is 12.3. The van der Waals surface area contributed by atoms with E-state index in [4.69, 9.17) is 4.74 Å². The quantitative estimate of drug-likeness (QED) is 0.380. The molecule has 0 saturated heterocycles. The van der Waals surface area contributed by atoms with Crippen molar-refractivity contribution < 1.29 is 17.9 Å². The molecule has 1 N–H and O–H groups in total. The number of anilines is 1. The monoisotopic (exact) mass is 508 g/mol. The van der Waals surface area contributed by atoms with Gasteiger partial charge in [0.15, 0.2) is 0 Å². The van der Waals surface area contributed by atoms with E-state index < -0.39 is 10.0 Å². The lowest BCUT2D eigenvalue weighted by molar-refractivity contribution is -0.120. The van der Waals surface area contributed by atoms with Crippen molar-refractivity contribution in [3.8, 4) is 5.75 Å². The van der Waals surface area contributed by atoms with E-state index in [-0.39, 0.29) is 23.4 Å². The summed E-state index contributed by atoms with van der Waals surface area (Å²) in [5.41, 5.74) is 4.09. The number of carbonyl (C=O) groups is 1. The van der Waals surface area contributed by atoms with Gasteiger partial charge in [-0.25, -0.2) is 8.42 Å². The molecule has 0 spiro atoms. The van der Waals surface area contributed by atoms with Crippen molar-refractivity contribution in [1.82, 2.24) is 5.32 Å². The van der Waals surface area contributed by atoms with Crippen molar-refractivity contribution in [3.63, 3.8) is 0 Å². The summed E-state index contributed by atoms with van der Waals surface area (Å²) in [5, 5.41) is 3.08. The van der Waals surface area contributed by atoms with Crippen LogP contribution in [-0.4, -0.2) is 28.0 Å². The molecule has 192 valence electrons. The molecule has 6 nitrogen and oxygen atoms in total. The number of amides is 1. The maximum Gasteiger partial charge on any atom is 0.264 e. The Morgan fingerprint density at radius 3 is 2.11 bits per heavy atom. The number of carbonyl (C=O) groups excluding carboxylic acids is 1. The largest absolute Gasteiger partial charge is 0.497 e. The summed E-state index contributed by atoms with van der Waals surface area (Å²) < 4.78 is 34.0. The highest BCUT2D eigenvalue weighted by molar-refractivity contribution is 7.92. The van der Waals surface area contributed by atoms with Crippen molar-refractivity contribution in [3.05, 3.63) is 89.0 Å². The molecule has 0 fully saturated rings. The highest BCUT2D eigenvalue weighted by Gasteiger charge is 2.29. The topological polar surface area (TPSA) is 75.7 Å². The number of hydrogen-bond donors (Lipinski definition) is 1. The van der Waals surface area contributed by atoms with Gasteiger partial charge in [0, 0.05) is 0 Å². The Kier molecular flexibility index (Phi) is 8.79. The predicted octanol–water partition coefficient (Wildman–Crippen LogP) is 5.72. The number of hydrogen-bond acceptors (Lipinski definition) is 4. The van der Waals surface area contributed by atoms with E-state index in [1.165, 1.54) is 4.31 Å². The number of sulfonamides is 1. The number of benzene rings is 3. The van der Waals surface area contributed by atoms with E-state index in [1.807, 2.05) is 63.2 Å². The van der Waals surface area contributed by atoms with Crippen molar-refractivity contribution in [2.75, 3.05) is 18.0 Å². The third-order valence-electron chi connectivity index (χ3n) is 6.09. The van der Waals surface area contributed by atoms with Crippen molar-refractivity contribution in [2.45, 2.75) is 52.0 Å². The van der Waals surface area contributed by atoms with Crippen LogP contribution in [0.2, 0.25) is 0 Å². The van der Waals surface area contributed by atoms with Crippen molar-refractivity contribution in [1.29, 1.82) is 0 Å². The number of ether oxygens (including phenoxy) is 1. The van der Waals surface area contributed by atoms with Gasteiger partial charge in [0.2, 0.25) is 5.91 Å². The zero-order chi connectivity index (χ0) is 26.5. The van der Waals surface area contributed by atoms with Crippen LogP contribution in [0.4, 0.5) is 5.69 Å². The molecule has 3 rings (SSSR count). The molecule has 7 heteroatoms. The fourth-order valence-corrected chi connectivity index (χ4v) is 5.56. The smallest absolute Gasteiger partial charge is 0.264 e. The Morgan fingerprint density at radius 1 is 0.917 bits per heavy atom. The number of nitrogens with zero attached hydrogens (tertiary/aromatic N) is 1. The summed E-state index contributed by atoms with van der Waals surface area (Å²) in [6.45, 7) is 9.51. The number of rotatable bonds is 10. The molecule has 1 atom stereocenters. The zero-order valence-electron chi connectivity index (χ0n) is 21.9. The van der Waals surface area contributed by atoms with Crippen LogP contribution in [0.5, 0.6) is 5.75 Å². The van der Waals surface area contributed by atoms with Crippen LogP contribution in [0, 0.1) is 26.7 Å². The molecular weight excluding hydrogens is 472 g/mol. The summed E-state index contributed by atoms with van der Waals surface area (Å²) in [6.07, 6.45) is 0.715. The molecule has 0 radical (unpaired) electrons. The van der Waals surface area contributed by atoms with Crippen molar-refractivity contribution >= 4 is 21.6 Å². The first-order valence-electron chi connectivity index (χ1n) is 12.1. The van der Waals surface area contributed by atoms with Gasteiger partial charge in [-0.2, -0.15) is 0 Å². The van der Waals surface area contributed by atoms with E-state index in [0.29, 0.717) is 18.0 Å². The lowest BCUT2D eigenvalue weighted by atomic mass is 9.97. The second kappa shape index (κ2) is 11.6. The summed E-state index contributed by atoms with van der Waals surface area (Å²) in [5.74, 6) is 0.690. The molecule has 36 heavy (non-hydrogen) atoms. The predicted molar refractivity (Wildman–Crippen MR) is 145 cm³/mol. The molecule has 0 unspecified atom stereocenters. The van der Waals surface area contributed by atoms with Crippen LogP contribution >= 0.6 is 0 Å². The van der Waals surface area contributed by atoms with Crippen LogP contribution in [0.1, 0.15) is 48.6 Å². The van der Waals surface area contributed by atoms with Crippen LogP contribution in [0.25, 0.3) is 0 Å². The van der Waals surface area contributed by atoms with Gasteiger partial charge in [-0.3, -0.25) is 9.10 Å².